The Morgan fingerprint density at radius 1 is 1.41 bits per heavy atom. The first-order chi connectivity index (χ1) is 8.29. The molecule has 2 N–H and O–H groups in total. The summed E-state index contributed by atoms with van der Waals surface area (Å²) in [7, 11) is 1.55. The Morgan fingerprint density at radius 2 is 2.18 bits per heavy atom. The Bertz CT molecular complexity index is 365. The van der Waals surface area contributed by atoms with Gasteiger partial charge < -0.3 is 14.6 Å². The summed E-state index contributed by atoms with van der Waals surface area (Å²) in [6.07, 6.45) is 0. The summed E-state index contributed by atoms with van der Waals surface area (Å²) in [6.45, 7) is 4.05. The van der Waals surface area contributed by atoms with Crippen molar-refractivity contribution in [1.82, 2.24) is 10.4 Å². The topological polar surface area (TPSA) is 54.0 Å². The van der Waals surface area contributed by atoms with Gasteiger partial charge in [0.1, 0.15) is 0 Å². The fraction of sp³-hybridized carbons (Fsp3) is 0.500. The first-order valence-electron chi connectivity index (χ1n) is 5.71. The molecule has 0 unspecified atom stereocenters. The summed E-state index contributed by atoms with van der Waals surface area (Å²) in [6, 6.07) is 5.36. The third kappa shape index (κ3) is 3.33. The zero-order valence-electron chi connectivity index (χ0n) is 9.98. The molecule has 0 amide bonds. The van der Waals surface area contributed by atoms with Crippen LogP contribution in [0.3, 0.4) is 0 Å². The van der Waals surface area contributed by atoms with E-state index in [0.717, 1.165) is 38.4 Å². The lowest BCUT2D eigenvalue weighted by Crippen LogP contribution is -2.45. The summed E-state index contributed by atoms with van der Waals surface area (Å²) >= 11 is 0. The van der Waals surface area contributed by atoms with Crippen LogP contribution >= 0.6 is 0 Å². The number of nitrogens with one attached hydrogen (secondary N) is 1. The van der Waals surface area contributed by atoms with Crippen molar-refractivity contribution in [3.63, 3.8) is 0 Å². The predicted octanol–water partition coefficient (Wildman–Crippen LogP) is 0.738. The molecular formula is C12H18N2O3. The van der Waals surface area contributed by atoms with E-state index in [-0.39, 0.29) is 5.75 Å². The number of methoxy groups -OCH3 is 1. The van der Waals surface area contributed by atoms with E-state index in [4.69, 9.17) is 9.47 Å². The molecule has 0 spiro atoms. The Balaban J connectivity index is 1.89. The normalized spacial score (nSPS) is 17.0. The number of benzene rings is 1. The van der Waals surface area contributed by atoms with Crippen LogP contribution in [-0.2, 0) is 11.3 Å². The summed E-state index contributed by atoms with van der Waals surface area (Å²) in [5.74, 6) is 0.675. The first kappa shape index (κ1) is 12.2. The molecule has 0 bridgehead atoms. The molecule has 0 saturated carbocycles. The van der Waals surface area contributed by atoms with Gasteiger partial charge in [-0.15, -0.1) is 0 Å². The number of phenolic OH excluding ortho intramolecular Hbond substituents is 1. The molecule has 0 radical (unpaired) electrons. The lowest BCUT2D eigenvalue weighted by molar-refractivity contribution is 0.0105. The molecule has 94 valence electrons. The van der Waals surface area contributed by atoms with Crippen molar-refractivity contribution in [2.45, 2.75) is 6.54 Å². The standard InChI is InChI=1S/C12H18N2O3/c1-16-12-8-10(2-3-11(12)15)9-13-14-4-6-17-7-5-14/h2-3,8,13,15H,4-7,9H2,1H3. The van der Waals surface area contributed by atoms with Crippen molar-refractivity contribution >= 4 is 0 Å². The molecular weight excluding hydrogens is 220 g/mol. The van der Waals surface area contributed by atoms with E-state index in [1.807, 2.05) is 12.1 Å². The van der Waals surface area contributed by atoms with Crippen molar-refractivity contribution in [1.29, 1.82) is 0 Å². The Morgan fingerprint density at radius 3 is 2.88 bits per heavy atom. The van der Waals surface area contributed by atoms with Crippen molar-refractivity contribution in [3.05, 3.63) is 23.8 Å². The third-order valence-electron chi connectivity index (χ3n) is 2.76. The maximum absolute atomic E-state index is 9.48. The number of morpholine rings is 1. The van der Waals surface area contributed by atoms with Crippen LogP contribution in [0, 0.1) is 0 Å². The van der Waals surface area contributed by atoms with Crippen LogP contribution in [0.2, 0.25) is 0 Å². The molecule has 0 aromatic heterocycles. The van der Waals surface area contributed by atoms with Crippen molar-refractivity contribution in [3.8, 4) is 11.5 Å². The van der Waals surface area contributed by atoms with Gasteiger partial charge in [0.25, 0.3) is 0 Å². The highest BCUT2D eigenvalue weighted by Gasteiger charge is 2.09. The quantitative estimate of drug-likeness (QED) is 0.810. The monoisotopic (exact) mass is 238 g/mol. The van der Waals surface area contributed by atoms with E-state index in [1.165, 1.54) is 0 Å². The minimum absolute atomic E-state index is 0.169. The van der Waals surface area contributed by atoms with Gasteiger partial charge in [0.2, 0.25) is 0 Å². The molecule has 2 rings (SSSR count). The van der Waals surface area contributed by atoms with Crippen LogP contribution in [0.15, 0.2) is 18.2 Å². The fourth-order valence-electron chi connectivity index (χ4n) is 1.76. The third-order valence-corrected chi connectivity index (χ3v) is 2.76. The molecule has 1 aromatic rings. The van der Waals surface area contributed by atoms with Crippen molar-refractivity contribution in [2.24, 2.45) is 0 Å². The summed E-state index contributed by atoms with van der Waals surface area (Å²) in [5.41, 5.74) is 4.40. The lowest BCUT2D eigenvalue weighted by Gasteiger charge is -2.27. The van der Waals surface area contributed by atoms with E-state index in [9.17, 15) is 5.11 Å². The SMILES string of the molecule is COc1cc(CNN2CCOCC2)ccc1O. The second-order valence-electron chi connectivity index (χ2n) is 3.94. The summed E-state index contributed by atoms with van der Waals surface area (Å²) in [4.78, 5) is 0. The number of hydrazine groups is 1. The number of aromatic hydroxyl groups is 1. The van der Waals surface area contributed by atoms with Crippen molar-refractivity contribution < 1.29 is 14.6 Å². The Kier molecular flexibility index (Phi) is 4.19. The highest BCUT2D eigenvalue weighted by Crippen LogP contribution is 2.26. The van der Waals surface area contributed by atoms with Crippen LogP contribution in [0.1, 0.15) is 5.56 Å². The van der Waals surface area contributed by atoms with E-state index >= 15 is 0 Å². The largest absolute Gasteiger partial charge is 0.504 e. The van der Waals surface area contributed by atoms with Gasteiger partial charge in [-0.3, -0.25) is 5.43 Å². The molecule has 1 saturated heterocycles. The minimum atomic E-state index is 0.169. The molecule has 1 fully saturated rings. The summed E-state index contributed by atoms with van der Waals surface area (Å²) in [5, 5.41) is 11.6. The maximum atomic E-state index is 9.48. The van der Waals surface area contributed by atoms with Gasteiger partial charge in [-0.05, 0) is 17.7 Å². The highest BCUT2D eigenvalue weighted by molar-refractivity contribution is 5.41. The highest BCUT2D eigenvalue weighted by atomic mass is 16.5. The maximum Gasteiger partial charge on any atom is 0.160 e. The number of phenols is 1. The minimum Gasteiger partial charge on any atom is -0.504 e. The van der Waals surface area contributed by atoms with Gasteiger partial charge in [0.05, 0.1) is 20.3 Å². The smallest absolute Gasteiger partial charge is 0.160 e. The molecule has 17 heavy (non-hydrogen) atoms. The Hall–Kier alpha value is -1.30. The fourth-order valence-corrected chi connectivity index (χ4v) is 1.76. The molecule has 1 aromatic carbocycles. The molecule has 1 heterocycles. The molecule has 5 nitrogen and oxygen atoms in total. The van der Waals surface area contributed by atoms with Gasteiger partial charge in [-0.1, -0.05) is 6.07 Å². The van der Waals surface area contributed by atoms with Crippen LogP contribution in [-0.4, -0.2) is 43.5 Å². The van der Waals surface area contributed by atoms with Crippen molar-refractivity contribution in [2.75, 3.05) is 33.4 Å². The zero-order valence-corrected chi connectivity index (χ0v) is 9.98. The van der Waals surface area contributed by atoms with Gasteiger partial charge in [0.15, 0.2) is 11.5 Å². The van der Waals surface area contributed by atoms with E-state index in [0.29, 0.717) is 5.75 Å². The molecule has 1 aliphatic rings. The van der Waals surface area contributed by atoms with Crippen LogP contribution < -0.4 is 10.2 Å². The average Bonchev–Trinajstić information content (AvgIpc) is 2.39. The second-order valence-corrected chi connectivity index (χ2v) is 3.94. The van der Waals surface area contributed by atoms with Gasteiger partial charge >= 0.3 is 0 Å². The molecule has 0 atom stereocenters. The number of rotatable bonds is 4. The average molecular weight is 238 g/mol. The van der Waals surface area contributed by atoms with E-state index in [2.05, 4.69) is 10.4 Å². The van der Waals surface area contributed by atoms with Crippen LogP contribution in [0.25, 0.3) is 0 Å². The number of hydrogen-bond acceptors (Lipinski definition) is 5. The molecule has 0 aliphatic carbocycles. The van der Waals surface area contributed by atoms with Gasteiger partial charge in [-0.25, -0.2) is 5.01 Å². The van der Waals surface area contributed by atoms with Crippen LogP contribution in [0.5, 0.6) is 11.5 Å². The predicted molar refractivity (Wildman–Crippen MR) is 63.9 cm³/mol. The number of nitrogens with zero attached hydrogens (tertiary/aromatic N) is 1. The first-order valence-corrected chi connectivity index (χ1v) is 5.71. The second kappa shape index (κ2) is 5.86. The Labute approximate surface area is 101 Å². The van der Waals surface area contributed by atoms with Crippen LogP contribution in [0.4, 0.5) is 0 Å². The number of ether oxygens (including phenoxy) is 2. The zero-order chi connectivity index (χ0) is 12.1. The summed E-state index contributed by atoms with van der Waals surface area (Å²) < 4.78 is 10.3. The molecule has 1 aliphatic heterocycles. The molecule has 5 heteroatoms. The van der Waals surface area contributed by atoms with E-state index < -0.39 is 0 Å². The van der Waals surface area contributed by atoms with Gasteiger partial charge in [0, 0.05) is 19.6 Å². The van der Waals surface area contributed by atoms with E-state index in [1.54, 1.807) is 13.2 Å². The van der Waals surface area contributed by atoms with Gasteiger partial charge in [-0.2, -0.15) is 0 Å². The number of hydrogen-bond donors (Lipinski definition) is 2. The lowest BCUT2D eigenvalue weighted by atomic mass is 10.2.